The third-order valence-corrected chi connectivity index (χ3v) is 5.61. The molecule has 4 rings (SSSR count). The first kappa shape index (κ1) is 17.0. The Morgan fingerprint density at radius 1 is 1.19 bits per heavy atom. The van der Waals surface area contributed by atoms with Crippen LogP contribution in [0.15, 0.2) is 58.4 Å². The van der Waals surface area contributed by atoms with Crippen molar-refractivity contribution in [2.45, 2.75) is 18.9 Å². The van der Waals surface area contributed by atoms with E-state index in [9.17, 15) is 4.79 Å². The van der Waals surface area contributed by atoms with Crippen molar-refractivity contribution < 1.29 is 9.32 Å². The number of likely N-dealkylation sites (tertiary alicyclic amines) is 1. The number of carbonyl (C=O) groups is 1. The minimum absolute atomic E-state index is 0.186. The van der Waals surface area contributed by atoms with Crippen LogP contribution in [-0.4, -0.2) is 35.6 Å². The van der Waals surface area contributed by atoms with Gasteiger partial charge < -0.3 is 9.84 Å². The number of nitrogens with one attached hydrogen (secondary N) is 1. The summed E-state index contributed by atoms with van der Waals surface area (Å²) in [6.45, 7) is 2.70. The molecular formula is C20H21N3O2S. The van der Waals surface area contributed by atoms with E-state index in [1.807, 2.05) is 35.7 Å². The van der Waals surface area contributed by atoms with Gasteiger partial charge in [0.15, 0.2) is 11.5 Å². The zero-order valence-electron chi connectivity index (χ0n) is 14.4. The van der Waals surface area contributed by atoms with Crippen molar-refractivity contribution in [2.75, 3.05) is 19.6 Å². The second-order valence-electron chi connectivity index (χ2n) is 6.43. The zero-order chi connectivity index (χ0) is 17.8. The minimum atomic E-state index is -0.198. The Morgan fingerprint density at radius 2 is 2.00 bits per heavy atom. The summed E-state index contributed by atoms with van der Waals surface area (Å²) in [7, 11) is 0. The van der Waals surface area contributed by atoms with Gasteiger partial charge in [-0.25, -0.2) is 0 Å². The van der Waals surface area contributed by atoms with Crippen molar-refractivity contribution in [2.24, 2.45) is 0 Å². The van der Waals surface area contributed by atoms with E-state index >= 15 is 0 Å². The van der Waals surface area contributed by atoms with Gasteiger partial charge in [0.1, 0.15) is 0 Å². The third-order valence-electron chi connectivity index (χ3n) is 4.73. The molecule has 1 aliphatic heterocycles. The van der Waals surface area contributed by atoms with Crippen LogP contribution in [0.1, 0.15) is 34.9 Å². The monoisotopic (exact) mass is 367 g/mol. The molecule has 1 N–H and O–H groups in total. The quantitative estimate of drug-likeness (QED) is 0.716. The summed E-state index contributed by atoms with van der Waals surface area (Å²) >= 11 is 1.56. The smallest absolute Gasteiger partial charge is 0.273 e. The van der Waals surface area contributed by atoms with Crippen LogP contribution in [0.4, 0.5) is 0 Å². The topological polar surface area (TPSA) is 58.4 Å². The predicted molar refractivity (Wildman–Crippen MR) is 102 cm³/mol. The lowest BCUT2D eigenvalue weighted by Gasteiger charge is -2.28. The van der Waals surface area contributed by atoms with Crippen LogP contribution in [0, 0.1) is 0 Å². The number of hydrogen-bond acceptors (Lipinski definition) is 5. The zero-order valence-corrected chi connectivity index (χ0v) is 15.2. The summed E-state index contributed by atoms with van der Waals surface area (Å²) in [5.74, 6) is 0.431. The maximum atomic E-state index is 12.5. The first-order valence-electron chi connectivity index (χ1n) is 8.89. The molecule has 3 aromatic rings. The van der Waals surface area contributed by atoms with Gasteiger partial charge in [-0.05, 0) is 42.9 Å². The largest absolute Gasteiger partial charge is 0.355 e. The van der Waals surface area contributed by atoms with E-state index in [0.29, 0.717) is 18.0 Å². The first-order chi connectivity index (χ1) is 12.8. The maximum absolute atomic E-state index is 12.5. The maximum Gasteiger partial charge on any atom is 0.273 e. The number of carbonyl (C=O) groups excluding carboxylic acids is 1. The predicted octanol–water partition coefficient (Wildman–Crippen LogP) is 3.97. The van der Waals surface area contributed by atoms with Crippen LogP contribution in [-0.2, 0) is 0 Å². The molecule has 0 bridgehead atoms. The third kappa shape index (κ3) is 3.71. The molecule has 0 saturated carbocycles. The molecule has 1 unspecified atom stereocenters. The average molecular weight is 367 g/mol. The number of thiophene rings is 1. The molecule has 1 atom stereocenters. The van der Waals surface area contributed by atoms with Gasteiger partial charge in [0.2, 0.25) is 0 Å². The number of rotatable bonds is 6. The highest BCUT2D eigenvalue weighted by Crippen LogP contribution is 2.26. The van der Waals surface area contributed by atoms with Gasteiger partial charge in [-0.1, -0.05) is 41.6 Å². The number of hydrogen-bond donors (Lipinski definition) is 1. The Hall–Kier alpha value is -2.44. The fourth-order valence-corrected chi connectivity index (χ4v) is 4.06. The highest BCUT2D eigenvalue weighted by molar-refractivity contribution is 7.13. The molecule has 0 radical (unpaired) electrons. The van der Waals surface area contributed by atoms with Gasteiger partial charge >= 0.3 is 0 Å². The van der Waals surface area contributed by atoms with Crippen molar-refractivity contribution in [1.82, 2.24) is 15.4 Å². The molecule has 26 heavy (non-hydrogen) atoms. The number of benzene rings is 1. The molecule has 1 saturated heterocycles. The van der Waals surface area contributed by atoms with E-state index in [-0.39, 0.29) is 11.9 Å². The van der Waals surface area contributed by atoms with Crippen molar-refractivity contribution in [3.63, 3.8) is 0 Å². The van der Waals surface area contributed by atoms with Gasteiger partial charge in [-0.2, -0.15) is 0 Å². The lowest BCUT2D eigenvalue weighted by atomic mass is 10.1. The molecule has 2 aromatic heterocycles. The standard InChI is InChI=1S/C20H21N3O2S/c24-20(16-13-18(25-22-16)19-9-6-12-26-19)21-14-17(23-10-4-5-11-23)15-7-2-1-3-8-15/h1-3,6-9,12-13,17H,4-5,10-11,14H2,(H,21,24). The highest BCUT2D eigenvalue weighted by atomic mass is 32.1. The Kier molecular flexibility index (Phi) is 5.13. The van der Waals surface area contributed by atoms with Crippen LogP contribution < -0.4 is 5.32 Å². The Morgan fingerprint density at radius 3 is 2.73 bits per heavy atom. The molecule has 6 heteroatoms. The van der Waals surface area contributed by atoms with Crippen LogP contribution in [0.25, 0.3) is 10.6 Å². The van der Waals surface area contributed by atoms with Crippen LogP contribution in [0.3, 0.4) is 0 Å². The molecule has 5 nitrogen and oxygen atoms in total. The Bertz CT molecular complexity index is 839. The molecule has 3 heterocycles. The van der Waals surface area contributed by atoms with E-state index in [0.717, 1.165) is 18.0 Å². The summed E-state index contributed by atoms with van der Waals surface area (Å²) in [4.78, 5) is 15.9. The molecule has 1 amide bonds. The van der Waals surface area contributed by atoms with Crippen LogP contribution in [0.2, 0.25) is 0 Å². The lowest BCUT2D eigenvalue weighted by molar-refractivity contribution is 0.0929. The van der Waals surface area contributed by atoms with E-state index in [4.69, 9.17) is 4.52 Å². The van der Waals surface area contributed by atoms with E-state index in [2.05, 4.69) is 27.5 Å². The molecule has 1 aliphatic rings. The fourth-order valence-electron chi connectivity index (χ4n) is 3.38. The summed E-state index contributed by atoms with van der Waals surface area (Å²) in [5, 5.41) is 8.93. The van der Waals surface area contributed by atoms with Gasteiger partial charge in [-0.3, -0.25) is 9.69 Å². The molecule has 0 spiro atoms. The van der Waals surface area contributed by atoms with Crippen molar-refractivity contribution >= 4 is 17.2 Å². The summed E-state index contributed by atoms with van der Waals surface area (Å²) < 4.78 is 5.31. The van der Waals surface area contributed by atoms with Crippen molar-refractivity contribution in [1.29, 1.82) is 0 Å². The van der Waals surface area contributed by atoms with Gasteiger partial charge in [-0.15, -0.1) is 11.3 Å². The van der Waals surface area contributed by atoms with Gasteiger partial charge in [0.05, 0.1) is 10.9 Å². The molecule has 1 aromatic carbocycles. The van der Waals surface area contributed by atoms with E-state index < -0.39 is 0 Å². The van der Waals surface area contributed by atoms with Gasteiger partial charge in [0, 0.05) is 12.6 Å². The lowest BCUT2D eigenvalue weighted by Crippen LogP contribution is -2.36. The van der Waals surface area contributed by atoms with E-state index in [1.54, 1.807) is 17.4 Å². The second-order valence-corrected chi connectivity index (χ2v) is 7.38. The van der Waals surface area contributed by atoms with E-state index in [1.165, 1.54) is 18.4 Å². The average Bonchev–Trinajstić information content (AvgIpc) is 3.43. The number of aromatic nitrogens is 1. The second kappa shape index (κ2) is 7.85. The first-order valence-corrected chi connectivity index (χ1v) is 9.77. The fraction of sp³-hybridized carbons (Fsp3) is 0.300. The van der Waals surface area contributed by atoms with Crippen molar-refractivity contribution in [3.8, 4) is 10.6 Å². The van der Waals surface area contributed by atoms with Crippen LogP contribution in [0.5, 0.6) is 0 Å². The molecule has 0 aliphatic carbocycles. The summed E-state index contributed by atoms with van der Waals surface area (Å²) in [5.41, 5.74) is 1.55. The van der Waals surface area contributed by atoms with Gasteiger partial charge in [0.25, 0.3) is 5.91 Å². The summed E-state index contributed by atoms with van der Waals surface area (Å²) in [6, 6.07) is 16.1. The molecule has 1 fully saturated rings. The molecule has 134 valence electrons. The SMILES string of the molecule is O=C(NCC(c1ccccc1)N1CCCC1)c1cc(-c2cccs2)on1. The Balaban J connectivity index is 1.44. The van der Waals surface area contributed by atoms with Crippen LogP contribution >= 0.6 is 11.3 Å². The Labute approximate surface area is 156 Å². The normalized spacial score (nSPS) is 15.8. The van der Waals surface area contributed by atoms with Crippen molar-refractivity contribution in [3.05, 3.63) is 65.2 Å². The summed E-state index contributed by atoms with van der Waals surface area (Å²) in [6.07, 6.45) is 2.43. The highest BCUT2D eigenvalue weighted by Gasteiger charge is 2.24. The number of nitrogens with zero attached hydrogens (tertiary/aromatic N) is 2. The number of amides is 1. The minimum Gasteiger partial charge on any atom is -0.355 e. The molecular weight excluding hydrogens is 346 g/mol.